The number of thiazole rings is 1. The molecule has 0 unspecified atom stereocenters. The molecule has 4 aromatic rings. The minimum Gasteiger partial charge on any atom is -0.372 e. The zero-order valence-corrected chi connectivity index (χ0v) is 40.4. The number of anilines is 3. The Bertz CT molecular complexity index is 2610. The maximum absolute atomic E-state index is 16.3. The summed E-state index contributed by atoms with van der Waals surface area (Å²) in [5.74, 6) is -1.01. The highest BCUT2D eigenvalue weighted by Gasteiger charge is 2.57. The van der Waals surface area contributed by atoms with Crippen molar-refractivity contribution in [2.24, 2.45) is 11.3 Å². The van der Waals surface area contributed by atoms with Crippen molar-refractivity contribution in [1.29, 1.82) is 0 Å². The lowest BCUT2D eigenvalue weighted by atomic mass is 9.60. The number of carbonyl (C=O) groups is 3. The Balaban J connectivity index is 0.742. The molecular formula is C49H61F2N9O5S2. The number of likely N-dealkylation sites (tertiary alicyclic amines) is 2. The second kappa shape index (κ2) is 18.4. The Kier molecular flexibility index (Phi) is 12.9. The third-order valence-corrected chi connectivity index (χ3v) is 17.2. The van der Waals surface area contributed by atoms with Crippen molar-refractivity contribution >= 4 is 56.4 Å². The summed E-state index contributed by atoms with van der Waals surface area (Å²) in [6.07, 6.45) is 7.03. The molecule has 0 bridgehead atoms. The molecule has 2 aromatic heterocycles. The lowest BCUT2D eigenvalue weighted by Crippen LogP contribution is -2.69. The Hall–Kier alpha value is -5.07. The molecule has 1 saturated carbocycles. The lowest BCUT2D eigenvalue weighted by Gasteiger charge is -2.60. The predicted molar refractivity (Wildman–Crippen MR) is 257 cm³/mol. The fraction of sp³-hybridized carbons (Fsp3) is 0.551. The molecule has 1 spiro atoms. The number of hydrogen-bond donors (Lipinski definition) is 3. The Morgan fingerprint density at radius 3 is 2.36 bits per heavy atom. The summed E-state index contributed by atoms with van der Waals surface area (Å²) in [4.78, 5) is 58.7. The number of carbonyl (C=O) groups excluding carboxylic acids is 3. The van der Waals surface area contributed by atoms with Gasteiger partial charge in [-0.25, -0.2) is 32.2 Å². The van der Waals surface area contributed by atoms with E-state index in [2.05, 4.69) is 42.3 Å². The first-order chi connectivity index (χ1) is 31.9. The van der Waals surface area contributed by atoms with Crippen molar-refractivity contribution in [1.82, 2.24) is 30.1 Å². The molecule has 18 heteroatoms. The minimum atomic E-state index is -3.73. The number of piperidine rings is 3. The zero-order chi connectivity index (χ0) is 47.3. The van der Waals surface area contributed by atoms with Gasteiger partial charge in [-0.3, -0.25) is 24.4 Å². The summed E-state index contributed by atoms with van der Waals surface area (Å²) in [6, 6.07) is 14.6. The SMILES string of the molecule is CCCS(=O)(=O)Nc1cccc(-c2nc(C(C)(C)C)sc2-c2ccnc(NC3CC4(C3)CN(C(=O)C3(F)CCN(CC5CCN(c6ccc([C@H]7CCC(=O)NC7=O)cc6)CC5)CC3)C4)n2)c1F. The van der Waals surface area contributed by atoms with Gasteiger partial charge in [0, 0.05) is 99.4 Å². The monoisotopic (exact) mass is 957 g/mol. The summed E-state index contributed by atoms with van der Waals surface area (Å²) < 4.78 is 59.9. The average Bonchev–Trinajstić information content (AvgIpc) is 3.72. The van der Waals surface area contributed by atoms with E-state index in [1.165, 1.54) is 17.4 Å². The number of sulfonamides is 1. The van der Waals surface area contributed by atoms with Crippen molar-refractivity contribution in [3.05, 3.63) is 71.1 Å². The number of nitrogens with zero attached hydrogens (tertiary/aromatic N) is 6. The van der Waals surface area contributed by atoms with Crippen molar-refractivity contribution in [2.75, 3.05) is 66.5 Å². The zero-order valence-electron chi connectivity index (χ0n) is 38.7. The van der Waals surface area contributed by atoms with Crippen LogP contribution in [0.15, 0.2) is 54.7 Å². The molecule has 5 fully saturated rings. The maximum Gasteiger partial charge on any atom is 0.260 e. The highest BCUT2D eigenvalue weighted by Crippen LogP contribution is 2.51. The van der Waals surface area contributed by atoms with Gasteiger partial charge in [-0.15, -0.1) is 11.3 Å². The second-order valence-electron chi connectivity index (χ2n) is 20.5. The number of rotatable bonds is 13. The number of benzene rings is 2. The van der Waals surface area contributed by atoms with Crippen LogP contribution in [-0.2, 0) is 29.8 Å². The highest BCUT2D eigenvalue weighted by atomic mass is 32.2. The Morgan fingerprint density at radius 2 is 1.69 bits per heavy atom. The Labute approximate surface area is 395 Å². The molecule has 5 aliphatic rings. The first kappa shape index (κ1) is 47.0. The van der Waals surface area contributed by atoms with Crippen LogP contribution >= 0.6 is 11.3 Å². The summed E-state index contributed by atoms with van der Waals surface area (Å²) in [5, 5.41) is 6.67. The molecule has 4 aliphatic heterocycles. The van der Waals surface area contributed by atoms with Gasteiger partial charge >= 0.3 is 0 Å². The molecule has 1 atom stereocenters. The van der Waals surface area contributed by atoms with Crippen molar-refractivity contribution in [3.8, 4) is 21.8 Å². The molecule has 6 heterocycles. The number of nitrogens with one attached hydrogen (secondary N) is 3. The van der Waals surface area contributed by atoms with Crippen LogP contribution in [0.4, 0.5) is 26.1 Å². The van der Waals surface area contributed by atoms with Gasteiger partial charge < -0.3 is 20.0 Å². The van der Waals surface area contributed by atoms with Crippen LogP contribution in [0.25, 0.3) is 21.8 Å². The maximum atomic E-state index is 16.3. The van der Waals surface area contributed by atoms with Gasteiger partial charge in [0.15, 0.2) is 11.5 Å². The summed E-state index contributed by atoms with van der Waals surface area (Å²) in [5.41, 5.74) is 0.785. The van der Waals surface area contributed by atoms with E-state index in [-0.39, 0.29) is 70.4 Å². The van der Waals surface area contributed by atoms with E-state index in [4.69, 9.17) is 9.97 Å². The molecule has 14 nitrogen and oxygen atoms in total. The average molecular weight is 958 g/mol. The van der Waals surface area contributed by atoms with E-state index in [0.29, 0.717) is 73.6 Å². The molecule has 0 radical (unpaired) electrons. The van der Waals surface area contributed by atoms with Crippen LogP contribution in [0.2, 0.25) is 0 Å². The molecule has 358 valence electrons. The quantitative estimate of drug-likeness (QED) is 0.114. The molecule has 67 heavy (non-hydrogen) atoms. The molecule has 2 aromatic carbocycles. The van der Waals surface area contributed by atoms with E-state index < -0.39 is 21.5 Å². The second-order valence-corrected chi connectivity index (χ2v) is 23.3. The van der Waals surface area contributed by atoms with Gasteiger partial charge in [0.1, 0.15) is 0 Å². The topological polar surface area (TPSA) is 170 Å². The number of hydrogen-bond acceptors (Lipinski definition) is 12. The molecule has 4 saturated heterocycles. The number of amides is 3. The van der Waals surface area contributed by atoms with Gasteiger partial charge in [0.25, 0.3) is 5.91 Å². The minimum absolute atomic E-state index is 0.0555. The fourth-order valence-corrected chi connectivity index (χ4v) is 12.8. The van der Waals surface area contributed by atoms with Crippen LogP contribution in [0.5, 0.6) is 0 Å². The lowest BCUT2D eigenvalue weighted by molar-refractivity contribution is -0.166. The van der Waals surface area contributed by atoms with Crippen molar-refractivity contribution in [2.45, 2.75) is 109 Å². The molecule has 3 amide bonds. The van der Waals surface area contributed by atoms with Crippen molar-refractivity contribution in [3.63, 3.8) is 0 Å². The fourth-order valence-electron chi connectivity index (χ4n) is 10.5. The van der Waals surface area contributed by atoms with Crippen LogP contribution < -0.4 is 20.3 Å². The predicted octanol–water partition coefficient (Wildman–Crippen LogP) is 7.50. The Morgan fingerprint density at radius 1 is 0.970 bits per heavy atom. The van der Waals surface area contributed by atoms with Gasteiger partial charge in [0.2, 0.25) is 27.8 Å². The first-order valence-corrected chi connectivity index (χ1v) is 26.2. The molecule has 9 rings (SSSR count). The number of aromatic nitrogens is 3. The van der Waals surface area contributed by atoms with Crippen LogP contribution in [0, 0.1) is 17.2 Å². The smallest absolute Gasteiger partial charge is 0.260 e. The van der Waals surface area contributed by atoms with Crippen LogP contribution in [0.1, 0.15) is 102 Å². The number of halogens is 2. The van der Waals surface area contributed by atoms with Crippen LogP contribution in [0.3, 0.4) is 0 Å². The summed E-state index contributed by atoms with van der Waals surface area (Å²) >= 11 is 1.41. The summed E-state index contributed by atoms with van der Waals surface area (Å²) in [7, 11) is -3.73. The normalized spacial score (nSPS) is 21.4. The number of alkyl halides is 1. The molecular weight excluding hydrogens is 897 g/mol. The molecule has 1 aliphatic carbocycles. The van der Waals surface area contributed by atoms with E-state index in [1.54, 1.807) is 36.2 Å². The third kappa shape index (κ3) is 10.1. The number of imide groups is 1. The van der Waals surface area contributed by atoms with Gasteiger partial charge in [0.05, 0.1) is 38.6 Å². The van der Waals surface area contributed by atoms with E-state index in [1.807, 2.05) is 32.9 Å². The third-order valence-electron chi connectivity index (χ3n) is 14.2. The van der Waals surface area contributed by atoms with Gasteiger partial charge in [-0.2, -0.15) is 0 Å². The first-order valence-electron chi connectivity index (χ1n) is 23.7. The van der Waals surface area contributed by atoms with Crippen LogP contribution in [-0.4, -0.2) is 114 Å². The van der Waals surface area contributed by atoms with E-state index in [0.717, 1.165) is 61.6 Å². The van der Waals surface area contributed by atoms with E-state index >= 15 is 8.78 Å². The standard InChI is InChI=1S/C49H61F2N9O5S2/c1-5-25-67(64,65)57-37-8-6-7-36(40(37)50)41-42(66-44(56-41)47(2,3)4)38-15-20-52-46(54-38)53-33-26-48(27-33)29-60(30-48)45(63)49(51)18-23-58(24-19-49)28-31-16-21-59(22-17-31)34-11-9-32(10-12-34)35-13-14-39(61)55-43(35)62/h6-12,15,20,31,33,35,57H,5,13-14,16-19,21-30H2,1-4H3,(H,52,53,54)(H,55,61,62)/t35-/m1/s1. The largest absolute Gasteiger partial charge is 0.372 e. The summed E-state index contributed by atoms with van der Waals surface area (Å²) in [6.45, 7) is 12.8. The van der Waals surface area contributed by atoms with Gasteiger partial charge in [-0.05, 0) is 80.3 Å². The van der Waals surface area contributed by atoms with Crippen molar-refractivity contribution < 1.29 is 31.6 Å². The molecule has 3 N–H and O–H groups in total. The van der Waals surface area contributed by atoms with E-state index in [9.17, 15) is 22.8 Å². The van der Waals surface area contributed by atoms with Gasteiger partial charge in [-0.1, -0.05) is 45.9 Å². The highest BCUT2D eigenvalue weighted by molar-refractivity contribution is 7.92.